The number of nitrogens with one attached hydrogen (secondary N) is 1. The lowest BCUT2D eigenvalue weighted by Crippen LogP contribution is -2.37. The molecular formula is C32H31N3O7S2. The number of benzene rings is 4. The van der Waals surface area contributed by atoms with Gasteiger partial charge in [-0.15, -0.1) is 4.72 Å². The number of carbonyl (C=O) groups excluding carboxylic acids is 1. The Morgan fingerprint density at radius 3 is 2.25 bits per heavy atom. The van der Waals surface area contributed by atoms with Crippen molar-refractivity contribution in [2.75, 3.05) is 13.1 Å². The van der Waals surface area contributed by atoms with Gasteiger partial charge in [-0.05, 0) is 52.8 Å². The van der Waals surface area contributed by atoms with Crippen LogP contribution < -0.4 is 4.72 Å². The molecule has 2 heterocycles. The van der Waals surface area contributed by atoms with E-state index in [9.17, 15) is 33.1 Å². The Balaban J connectivity index is 1.23. The van der Waals surface area contributed by atoms with Crippen molar-refractivity contribution in [3.05, 3.63) is 112 Å². The van der Waals surface area contributed by atoms with E-state index in [0.29, 0.717) is 24.3 Å². The molecule has 12 heteroatoms. The largest absolute Gasteiger partial charge is 0.593 e. The van der Waals surface area contributed by atoms with E-state index < -0.39 is 55.0 Å². The highest BCUT2D eigenvalue weighted by Gasteiger charge is 2.35. The second-order valence-electron chi connectivity index (χ2n) is 10.8. The number of carbonyl (C=O) groups is 1. The molecule has 1 atom stereocenters. The first-order chi connectivity index (χ1) is 21.1. The summed E-state index contributed by atoms with van der Waals surface area (Å²) in [5.74, 6) is -3.71. The lowest BCUT2D eigenvalue weighted by Gasteiger charge is -2.30. The fourth-order valence-electron chi connectivity index (χ4n) is 5.62. The maximum Gasteiger partial charge on any atom is 0.258 e. The van der Waals surface area contributed by atoms with Crippen LogP contribution in [-0.4, -0.2) is 56.5 Å². The van der Waals surface area contributed by atoms with E-state index in [4.69, 9.17) is 0 Å². The molecule has 10 nitrogen and oxygen atoms in total. The van der Waals surface area contributed by atoms with Crippen LogP contribution >= 0.6 is 0 Å². The molecule has 2 aliphatic heterocycles. The van der Waals surface area contributed by atoms with Crippen LogP contribution in [0.2, 0.25) is 0 Å². The SMILES string of the molecule is O=C(c1cc(S(=O)(=O)N2CCc3ccccc3C2)c(O)c(O)c1O)N1CCc2ccc([S+]([O-])NCc3ccccc3)cc2C1. The smallest absolute Gasteiger partial charge is 0.258 e. The molecule has 0 aromatic heterocycles. The summed E-state index contributed by atoms with van der Waals surface area (Å²) in [7, 11) is -4.35. The number of aromatic hydroxyl groups is 3. The zero-order valence-electron chi connectivity index (χ0n) is 23.6. The summed E-state index contributed by atoms with van der Waals surface area (Å²) in [6, 6.07) is 23.4. The average Bonchev–Trinajstić information content (AvgIpc) is 3.05. The number of rotatable bonds is 7. The third-order valence-corrected chi connectivity index (χ3v) is 11.0. The first-order valence-corrected chi connectivity index (χ1v) is 16.7. The average molecular weight is 634 g/mol. The summed E-state index contributed by atoms with van der Waals surface area (Å²) in [6.07, 6.45) is 0.947. The van der Waals surface area contributed by atoms with Crippen molar-refractivity contribution < 1.29 is 33.1 Å². The Labute approximate surface area is 258 Å². The molecule has 228 valence electrons. The van der Waals surface area contributed by atoms with E-state index >= 15 is 0 Å². The van der Waals surface area contributed by atoms with Crippen LogP contribution in [-0.2, 0) is 53.9 Å². The molecule has 1 amide bonds. The van der Waals surface area contributed by atoms with E-state index in [1.165, 1.54) is 9.21 Å². The molecule has 0 spiro atoms. The predicted molar refractivity (Wildman–Crippen MR) is 164 cm³/mol. The van der Waals surface area contributed by atoms with E-state index in [-0.39, 0.29) is 26.2 Å². The molecule has 0 aliphatic carbocycles. The van der Waals surface area contributed by atoms with Crippen molar-refractivity contribution in [1.82, 2.24) is 13.9 Å². The monoisotopic (exact) mass is 633 g/mol. The number of phenols is 3. The highest BCUT2D eigenvalue weighted by atomic mass is 32.2. The minimum absolute atomic E-state index is 0.0652. The number of hydrogen-bond acceptors (Lipinski definition) is 8. The molecule has 0 saturated heterocycles. The molecule has 4 aromatic rings. The van der Waals surface area contributed by atoms with Gasteiger partial charge in [0.2, 0.25) is 15.8 Å². The Kier molecular flexibility index (Phi) is 8.27. The van der Waals surface area contributed by atoms with Crippen molar-refractivity contribution in [2.45, 2.75) is 42.3 Å². The number of nitrogens with zero attached hydrogens (tertiary/aromatic N) is 2. The zero-order chi connectivity index (χ0) is 31.0. The highest BCUT2D eigenvalue weighted by molar-refractivity contribution is 7.89. The summed E-state index contributed by atoms with van der Waals surface area (Å²) in [5.41, 5.74) is 4.13. The van der Waals surface area contributed by atoms with Gasteiger partial charge in [0.1, 0.15) is 4.90 Å². The van der Waals surface area contributed by atoms with Gasteiger partial charge in [0.25, 0.3) is 5.91 Å². The summed E-state index contributed by atoms with van der Waals surface area (Å²) in [4.78, 5) is 15.0. The molecular weight excluding hydrogens is 603 g/mol. The predicted octanol–water partition coefficient (Wildman–Crippen LogP) is 3.56. The minimum Gasteiger partial charge on any atom is -0.593 e. The second-order valence-corrected chi connectivity index (χ2v) is 14.0. The number of phenolic OH excluding ortho intramolecular Hbond substituents is 3. The van der Waals surface area contributed by atoms with Crippen LogP contribution in [0, 0.1) is 0 Å². The molecule has 4 aromatic carbocycles. The molecule has 0 fully saturated rings. The van der Waals surface area contributed by atoms with Gasteiger partial charge in [-0.2, -0.15) is 4.31 Å². The van der Waals surface area contributed by atoms with Crippen molar-refractivity contribution in [1.29, 1.82) is 0 Å². The maximum atomic E-state index is 13.7. The molecule has 0 saturated carbocycles. The van der Waals surface area contributed by atoms with E-state index in [1.807, 2.05) is 60.7 Å². The topological polar surface area (TPSA) is 153 Å². The fourth-order valence-corrected chi connectivity index (χ4v) is 8.05. The number of hydrogen-bond donors (Lipinski definition) is 4. The van der Waals surface area contributed by atoms with Gasteiger partial charge in [0.05, 0.1) is 23.5 Å². The van der Waals surface area contributed by atoms with E-state index in [1.54, 1.807) is 12.1 Å². The van der Waals surface area contributed by atoms with Crippen LogP contribution in [0.25, 0.3) is 0 Å². The third-order valence-electron chi connectivity index (χ3n) is 8.10. The van der Waals surface area contributed by atoms with Gasteiger partial charge in [0, 0.05) is 32.2 Å². The zero-order valence-corrected chi connectivity index (χ0v) is 25.3. The molecule has 4 N–H and O–H groups in total. The molecule has 6 rings (SSSR count). The highest BCUT2D eigenvalue weighted by Crippen LogP contribution is 2.44. The number of amides is 1. The molecule has 1 unspecified atom stereocenters. The molecule has 2 aliphatic rings. The van der Waals surface area contributed by atoms with Crippen LogP contribution in [0.1, 0.15) is 38.2 Å². The first-order valence-electron chi connectivity index (χ1n) is 14.1. The van der Waals surface area contributed by atoms with Gasteiger partial charge in [-0.25, -0.2) is 8.42 Å². The molecule has 0 bridgehead atoms. The Morgan fingerprint density at radius 1 is 0.795 bits per heavy atom. The van der Waals surface area contributed by atoms with Gasteiger partial charge in [-0.1, -0.05) is 60.7 Å². The van der Waals surface area contributed by atoms with Crippen molar-refractivity contribution in [3.8, 4) is 17.2 Å². The summed E-state index contributed by atoms with van der Waals surface area (Å²) in [5, 5.41) is 31.8. The van der Waals surface area contributed by atoms with Gasteiger partial charge in [0.15, 0.2) is 16.4 Å². The normalized spacial score (nSPS) is 15.8. The first kappa shape index (κ1) is 30.0. The number of sulfonamides is 1. The van der Waals surface area contributed by atoms with Crippen LogP contribution in [0.4, 0.5) is 0 Å². The van der Waals surface area contributed by atoms with Gasteiger partial charge >= 0.3 is 0 Å². The quantitative estimate of drug-likeness (QED) is 0.178. The summed E-state index contributed by atoms with van der Waals surface area (Å²) < 4.78 is 44.4. The lowest BCUT2D eigenvalue weighted by molar-refractivity contribution is 0.0730. The van der Waals surface area contributed by atoms with Crippen molar-refractivity contribution in [3.63, 3.8) is 0 Å². The Hall–Kier alpha value is -4.07. The standard InChI is InChI=1S/C32H31N3O7S2/c36-29-27(17-28(30(37)31(29)38)44(41,42)35-15-13-22-8-4-5-9-24(22)20-35)32(39)34-14-12-23-10-11-26(16-25(23)19-34)43(40)33-18-21-6-2-1-3-7-21/h1-11,16-17,33,36-38H,12-15,18-20H2. The second kappa shape index (κ2) is 12.1. The fraction of sp³-hybridized carbons (Fsp3) is 0.219. The van der Waals surface area contributed by atoms with E-state index in [2.05, 4.69) is 4.72 Å². The van der Waals surface area contributed by atoms with Crippen LogP contribution in [0.5, 0.6) is 17.2 Å². The van der Waals surface area contributed by atoms with Crippen LogP contribution in [0.15, 0.2) is 88.7 Å². The lowest BCUT2D eigenvalue weighted by atomic mass is 9.99. The van der Waals surface area contributed by atoms with Crippen molar-refractivity contribution in [2.24, 2.45) is 0 Å². The van der Waals surface area contributed by atoms with Gasteiger partial charge < -0.3 is 24.8 Å². The molecule has 0 radical (unpaired) electrons. The summed E-state index contributed by atoms with van der Waals surface area (Å²) >= 11 is -1.50. The van der Waals surface area contributed by atoms with E-state index in [0.717, 1.165) is 33.9 Å². The third kappa shape index (κ3) is 5.74. The molecule has 44 heavy (non-hydrogen) atoms. The maximum absolute atomic E-state index is 13.7. The Bertz CT molecular complexity index is 1830. The van der Waals surface area contributed by atoms with Crippen LogP contribution in [0.3, 0.4) is 0 Å². The number of fused-ring (bicyclic) bond motifs is 2. The Morgan fingerprint density at radius 2 is 1.48 bits per heavy atom. The van der Waals surface area contributed by atoms with Crippen molar-refractivity contribution >= 4 is 27.3 Å². The summed E-state index contributed by atoms with van der Waals surface area (Å²) in [6.45, 7) is 1.01. The van der Waals surface area contributed by atoms with Gasteiger partial charge in [-0.3, -0.25) is 4.79 Å². The minimum atomic E-state index is -4.35.